The van der Waals surface area contributed by atoms with Crippen molar-refractivity contribution in [1.29, 1.82) is 0 Å². The van der Waals surface area contributed by atoms with Gasteiger partial charge in [0, 0.05) is 29.0 Å². The second-order valence-corrected chi connectivity index (χ2v) is 13.2. The number of piperidine rings is 1. The molecule has 38 heavy (non-hydrogen) atoms. The predicted molar refractivity (Wildman–Crippen MR) is 148 cm³/mol. The Hall–Kier alpha value is -2.73. The van der Waals surface area contributed by atoms with Gasteiger partial charge in [-0.2, -0.15) is 0 Å². The average Bonchev–Trinajstić information content (AvgIpc) is 3.41. The van der Waals surface area contributed by atoms with E-state index >= 15 is 0 Å². The van der Waals surface area contributed by atoms with Gasteiger partial charge < -0.3 is 29.4 Å². The van der Waals surface area contributed by atoms with Crippen LogP contribution in [0.4, 0.5) is 10.6 Å². The molecule has 2 N–H and O–H groups in total. The van der Waals surface area contributed by atoms with E-state index in [1.54, 1.807) is 0 Å². The van der Waals surface area contributed by atoms with E-state index in [1.165, 1.54) is 18.1 Å². The van der Waals surface area contributed by atoms with Gasteiger partial charge in [-0.25, -0.2) is 19.7 Å². The summed E-state index contributed by atoms with van der Waals surface area (Å²) < 4.78 is 19.7. The predicted octanol–water partition coefficient (Wildman–Crippen LogP) is 5.72. The van der Waals surface area contributed by atoms with Crippen LogP contribution in [0.25, 0.3) is 11.2 Å². The molecule has 0 saturated carbocycles. The molecule has 1 saturated heterocycles. The number of hydrogen-bond acceptors (Lipinski definition) is 9. The minimum Gasteiger partial charge on any atom is -0.454 e. The molecule has 12 heteroatoms. The van der Waals surface area contributed by atoms with Crippen molar-refractivity contribution in [3.63, 3.8) is 0 Å². The Labute approximate surface area is 234 Å². The van der Waals surface area contributed by atoms with Gasteiger partial charge in [0.25, 0.3) is 0 Å². The molecule has 10 nitrogen and oxygen atoms in total. The van der Waals surface area contributed by atoms with E-state index in [9.17, 15) is 4.79 Å². The summed E-state index contributed by atoms with van der Waals surface area (Å²) in [6, 6.07) is 3.86. The van der Waals surface area contributed by atoms with Crippen LogP contribution in [0, 0.1) is 11.3 Å². The van der Waals surface area contributed by atoms with Crippen LogP contribution in [0.1, 0.15) is 47.5 Å². The number of aryl methyl sites for hydroxylation is 1. The fourth-order valence-corrected chi connectivity index (χ4v) is 6.50. The molecule has 0 radical (unpaired) electrons. The molecule has 1 amide bonds. The highest BCUT2D eigenvalue weighted by molar-refractivity contribution is 9.10. The summed E-state index contributed by atoms with van der Waals surface area (Å²) in [5, 5.41) is 0.774. The third-order valence-corrected chi connectivity index (χ3v) is 8.93. The molecule has 0 aliphatic carbocycles. The van der Waals surface area contributed by atoms with E-state index in [1.807, 2.05) is 37.8 Å². The Morgan fingerprint density at radius 3 is 2.71 bits per heavy atom. The second-order valence-electron chi connectivity index (χ2n) is 11.4. The number of likely N-dealkylation sites (tertiary alicyclic amines) is 1. The van der Waals surface area contributed by atoms with Crippen molar-refractivity contribution in [3.05, 3.63) is 22.9 Å². The number of nitrogens with zero attached hydrogens (tertiary/aromatic N) is 5. The van der Waals surface area contributed by atoms with E-state index in [0.717, 1.165) is 27.4 Å². The normalized spacial score (nSPS) is 18.7. The van der Waals surface area contributed by atoms with Crippen LogP contribution in [0.2, 0.25) is 0 Å². The van der Waals surface area contributed by atoms with Gasteiger partial charge in [-0.05, 0) is 73.0 Å². The zero-order valence-electron chi connectivity index (χ0n) is 22.3. The average molecular weight is 606 g/mol. The zero-order chi connectivity index (χ0) is 27.2. The molecule has 4 heterocycles. The van der Waals surface area contributed by atoms with Crippen LogP contribution in [0.15, 0.2) is 33.0 Å². The topological polar surface area (TPSA) is 118 Å². The Morgan fingerprint density at radius 2 is 2.00 bits per heavy atom. The van der Waals surface area contributed by atoms with Gasteiger partial charge in [0.05, 0.1) is 0 Å². The first-order chi connectivity index (χ1) is 17.9. The van der Waals surface area contributed by atoms with Crippen LogP contribution in [-0.2, 0) is 11.3 Å². The number of amides is 1. The second kappa shape index (κ2) is 10.1. The lowest BCUT2D eigenvalue weighted by Gasteiger charge is -2.44. The van der Waals surface area contributed by atoms with Crippen molar-refractivity contribution in [2.24, 2.45) is 11.3 Å². The van der Waals surface area contributed by atoms with E-state index < -0.39 is 5.60 Å². The maximum atomic E-state index is 12.7. The molecule has 1 aromatic carbocycles. The molecule has 1 atom stereocenters. The van der Waals surface area contributed by atoms with Crippen molar-refractivity contribution in [3.8, 4) is 11.5 Å². The third-order valence-electron chi connectivity index (χ3n) is 6.96. The zero-order valence-corrected chi connectivity index (χ0v) is 24.7. The van der Waals surface area contributed by atoms with Crippen LogP contribution in [0.3, 0.4) is 0 Å². The first-order valence-corrected chi connectivity index (χ1v) is 14.2. The summed E-state index contributed by atoms with van der Waals surface area (Å²) in [5.74, 6) is 2.17. The van der Waals surface area contributed by atoms with Gasteiger partial charge >= 0.3 is 6.09 Å². The highest BCUT2D eigenvalue weighted by atomic mass is 79.9. The number of nitrogen functional groups attached to an aromatic ring is 1. The first kappa shape index (κ1) is 26.9. The maximum absolute atomic E-state index is 12.7. The molecule has 0 bridgehead atoms. The van der Waals surface area contributed by atoms with Crippen LogP contribution in [0.5, 0.6) is 11.5 Å². The number of fused-ring (bicyclic) bond motifs is 2. The standard InChI is InChI=1S/C26H33BrN6O4S/c1-25(2,3)37-24(34)32-8-6-15(26(4,5)12-32)7-9-33-22-20(21(28)29-13-30-22)31-23(33)38-19-11-18-17(10-16(19)27)35-14-36-18/h10-11,13,15H,6-9,12,14H2,1-5H3,(H2,28,29,30). The molecule has 204 valence electrons. The van der Waals surface area contributed by atoms with Crippen molar-refractivity contribution >= 4 is 50.8 Å². The van der Waals surface area contributed by atoms with E-state index in [2.05, 4.69) is 44.3 Å². The maximum Gasteiger partial charge on any atom is 0.410 e. The Morgan fingerprint density at radius 1 is 1.26 bits per heavy atom. The number of halogens is 1. The smallest absolute Gasteiger partial charge is 0.410 e. The quantitative estimate of drug-likeness (QED) is 0.389. The molecule has 1 unspecified atom stereocenters. The lowest BCUT2D eigenvalue weighted by atomic mass is 9.72. The van der Waals surface area contributed by atoms with Gasteiger partial charge in [-0.15, -0.1) is 0 Å². The number of rotatable bonds is 5. The number of aromatic nitrogens is 4. The van der Waals surface area contributed by atoms with Crippen molar-refractivity contribution in [2.75, 3.05) is 25.6 Å². The molecule has 2 aromatic heterocycles. The number of ether oxygens (including phenoxy) is 3. The fourth-order valence-electron chi connectivity index (χ4n) is 4.99. The summed E-state index contributed by atoms with van der Waals surface area (Å²) in [5.41, 5.74) is 6.89. The number of hydrogen-bond donors (Lipinski definition) is 1. The minimum atomic E-state index is -0.509. The summed E-state index contributed by atoms with van der Waals surface area (Å²) in [4.78, 5) is 29.0. The summed E-state index contributed by atoms with van der Waals surface area (Å²) in [6.07, 6.45) is 3.03. The van der Waals surface area contributed by atoms with E-state index in [0.29, 0.717) is 54.0 Å². The molecule has 2 aliphatic heterocycles. The molecule has 3 aromatic rings. The first-order valence-electron chi connectivity index (χ1n) is 12.6. The van der Waals surface area contributed by atoms with Gasteiger partial charge in [0.1, 0.15) is 11.9 Å². The minimum absolute atomic E-state index is 0.0762. The van der Waals surface area contributed by atoms with Crippen LogP contribution in [-0.4, -0.2) is 56.0 Å². The number of benzene rings is 1. The van der Waals surface area contributed by atoms with Crippen LogP contribution >= 0.6 is 27.7 Å². The SMILES string of the molecule is CC(C)(C)OC(=O)N1CCC(CCn2c(Sc3cc4c(cc3Br)OCO4)nc3c(N)ncnc32)C(C)(C)C1. The third kappa shape index (κ3) is 5.51. The summed E-state index contributed by atoms with van der Waals surface area (Å²) in [6.45, 7) is 12.4. The van der Waals surface area contributed by atoms with Gasteiger partial charge in [0.15, 0.2) is 33.6 Å². The molecule has 5 rings (SSSR count). The highest BCUT2D eigenvalue weighted by Gasteiger charge is 2.38. The summed E-state index contributed by atoms with van der Waals surface area (Å²) in [7, 11) is 0. The molecule has 0 spiro atoms. The van der Waals surface area contributed by atoms with Crippen molar-refractivity contribution in [1.82, 2.24) is 24.4 Å². The van der Waals surface area contributed by atoms with Gasteiger partial charge in [-0.3, -0.25) is 0 Å². The number of anilines is 1. The summed E-state index contributed by atoms with van der Waals surface area (Å²) >= 11 is 5.17. The number of carbonyl (C=O) groups excluding carboxylic acids is 1. The Bertz CT molecular complexity index is 1370. The Balaban J connectivity index is 1.36. The van der Waals surface area contributed by atoms with E-state index in [4.69, 9.17) is 24.9 Å². The number of nitrogens with two attached hydrogens (primary N) is 1. The molecule has 2 aliphatic rings. The number of carbonyl (C=O) groups is 1. The van der Waals surface area contributed by atoms with Crippen molar-refractivity contribution in [2.45, 2.75) is 69.7 Å². The molecular formula is C26H33BrN6O4S. The van der Waals surface area contributed by atoms with E-state index in [-0.39, 0.29) is 18.3 Å². The lowest BCUT2D eigenvalue weighted by molar-refractivity contribution is -0.00603. The fraction of sp³-hybridized carbons (Fsp3) is 0.538. The van der Waals surface area contributed by atoms with Gasteiger partial charge in [0.2, 0.25) is 6.79 Å². The largest absolute Gasteiger partial charge is 0.454 e. The monoisotopic (exact) mass is 604 g/mol. The van der Waals surface area contributed by atoms with Gasteiger partial charge in [-0.1, -0.05) is 25.6 Å². The molecule has 1 fully saturated rings. The Kier molecular flexibility index (Phi) is 7.14. The molecular weight excluding hydrogens is 572 g/mol. The van der Waals surface area contributed by atoms with Crippen molar-refractivity contribution < 1.29 is 19.0 Å². The number of imidazole rings is 1. The lowest BCUT2D eigenvalue weighted by Crippen LogP contribution is -2.49. The van der Waals surface area contributed by atoms with Crippen LogP contribution < -0.4 is 15.2 Å². The highest BCUT2D eigenvalue weighted by Crippen LogP contribution is 2.44.